The van der Waals surface area contributed by atoms with Crippen LogP contribution in [0.4, 0.5) is 0 Å². The minimum atomic E-state index is -0.974. The Labute approximate surface area is 252 Å². The van der Waals surface area contributed by atoms with E-state index in [1.807, 2.05) is 86.6 Å². The molecular weight excluding hydrogens is 540 g/mol. The molecule has 3 unspecified atom stereocenters. The van der Waals surface area contributed by atoms with Gasteiger partial charge in [0, 0.05) is 30.6 Å². The average molecular weight is 579 g/mol. The molecule has 0 aliphatic carbocycles. The van der Waals surface area contributed by atoms with Crippen LogP contribution in [0.25, 0.3) is 11.1 Å². The third kappa shape index (κ3) is 9.26. The lowest BCUT2D eigenvalue weighted by Crippen LogP contribution is -2.55. The molecule has 0 saturated carbocycles. The van der Waals surface area contributed by atoms with Crippen LogP contribution in [0.3, 0.4) is 0 Å². The van der Waals surface area contributed by atoms with E-state index in [0.717, 1.165) is 16.7 Å². The predicted octanol–water partition coefficient (Wildman–Crippen LogP) is 3.95. The van der Waals surface area contributed by atoms with Gasteiger partial charge in [0.25, 0.3) is 5.91 Å². The summed E-state index contributed by atoms with van der Waals surface area (Å²) in [6, 6.07) is 24.1. The van der Waals surface area contributed by atoms with E-state index in [1.165, 1.54) is 6.08 Å². The maximum Gasteiger partial charge on any atom is 0.251 e. The Balaban J connectivity index is 1.53. The number of nitrogens with one attached hydrogen (secondary N) is 4. The van der Waals surface area contributed by atoms with E-state index in [4.69, 9.17) is 0 Å². The molecule has 0 spiro atoms. The van der Waals surface area contributed by atoms with Crippen LogP contribution in [-0.4, -0.2) is 48.3 Å². The average Bonchev–Trinajstić information content (AvgIpc) is 3.02. The van der Waals surface area contributed by atoms with Crippen molar-refractivity contribution in [1.82, 2.24) is 21.3 Å². The second kappa shape index (κ2) is 15.3. The quantitative estimate of drug-likeness (QED) is 0.303. The number of carbonyl (C=O) groups is 4. The minimum absolute atomic E-state index is 0.00895. The second-order valence-electron chi connectivity index (χ2n) is 10.8. The molecule has 0 radical (unpaired) electrons. The molecule has 4 amide bonds. The molecule has 1 heterocycles. The fraction of sp³-hybridized carbons (Fsp3) is 0.257. The smallest absolute Gasteiger partial charge is 0.251 e. The summed E-state index contributed by atoms with van der Waals surface area (Å²) in [5, 5.41) is 11.4. The van der Waals surface area contributed by atoms with E-state index >= 15 is 0 Å². The first kappa shape index (κ1) is 31.0. The van der Waals surface area contributed by atoms with Crippen LogP contribution < -0.4 is 21.3 Å². The van der Waals surface area contributed by atoms with Crippen molar-refractivity contribution in [2.45, 2.75) is 44.8 Å². The number of amides is 4. The zero-order chi connectivity index (χ0) is 30.6. The standard InChI is InChI=1S/C35H38N4O4/c1-24(2)29-20-21-32(40)36-22-10-9-15-30(34(42)37-29)38-35(43)31(23-25-11-5-3-6-12-25)39-33(41)28-18-16-27(17-19-28)26-13-7-4-8-14-26/h3-9,11-21,24,29-31H,10,22-23H2,1-2H3,(H,36,40)(H,37,42)(H,38,43)(H,39,41)/b15-9+,21-20+. The molecule has 0 fully saturated rings. The van der Waals surface area contributed by atoms with Crippen molar-refractivity contribution in [3.8, 4) is 11.1 Å². The van der Waals surface area contributed by atoms with Gasteiger partial charge < -0.3 is 21.3 Å². The van der Waals surface area contributed by atoms with Gasteiger partial charge in [-0.2, -0.15) is 0 Å². The van der Waals surface area contributed by atoms with E-state index in [-0.39, 0.29) is 18.2 Å². The van der Waals surface area contributed by atoms with Crippen molar-refractivity contribution < 1.29 is 19.2 Å². The highest BCUT2D eigenvalue weighted by atomic mass is 16.2. The first-order chi connectivity index (χ1) is 20.8. The maximum atomic E-state index is 13.7. The van der Waals surface area contributed by atoms with Gasteiger partial charge >= 0.3 is 0 Å². The van der Waals surface area contributed by atoms with Crippen molar-refractivity contribution in [2.75, 3.05) is 6.54 Å². The van der Waals surface area contributed by atoms with Crippen LogP contribution in [0.1, 0.15) is 36.2 Å². The number of hydrogen-bond acceptors (Lipinski definition) is 4. The lowest BCUT2D eigenvalue weighted by molar-refractivity contribution is -0.129. The van der Waals surface area contributed by atoms with Gasteiger partial charge in [0.15, 0.2) is 0 Å². The molecule has 43 heavy (non-hydrogen) atoms. The molecule has 3 atom stereocenters. The van der Waals surface area contributed by atoms with Crippen molar-refractivity contribution in [3.05, 3.63) is 120 Å². The largest absolute Gasteiger partial charge is 0.352 e. The van der Waals surface area contributed by atoms with Gasteiger partial charge in [-0.25, -0.2) is 0 Å². The monoisotopic (exact) mass is 578 g/mol. The first-order valence-electron chi connectivity index (χ1n) is 14.5. The summed E-state index contributed by atoms with van der Waals surface area (Å²) < 4.78 is 0. The van der Waals surface area contributed by atoms with Crippen molar-refractivity contribution >= 4 is 23.6 Å². The highest BCUT2D eigenvalue weighted by Crippen LogP contribution is 2.19. The van der Waals surface area contributed by atoms with Gasteiger partial charge in [-0.05, 0) is 41.2 Å². The van der Waals surface area contributed by atoms with E-state index in [0.29, 0.717) is 18.5 Å². The Morgan fingerprint density at radius 2 is 1.51 bits per heavy atom. The normalized spacial score (nSPS) is 19.5. The second-order valence-corrected chi connectivity index (χ2v) is 10.8. The molecule has 8 nitrogen and oxygen atoms in total. The van der Waals surface area contributed by atoms with E-state index in [2.05, 4.69) is 21.3 Å². The Morgan fingerprint density at radius 3 is 2.19 bits per heavy atom. The summed E-state index contributed by atoms with van der Waals surface area (Å²) in [4.78, 5) is 52.4. The summed E-state index contributed by atoms with van der Waals surface area (Å²) in [6.45, 7) is 4.25. The fourth-order valence-electron chi connectivity index (χ4n) is 4.65. The van der Waals surface area contributed by atoms with Crippen LogP contribution in [-0.2, 0) is 20.8 Å². The number of benzene rings is 3. The highest BCUT2D eigenvalue weighted by molar-refractivity contribution is 5.99. The first-order valence-corrected chi connectivity index (χ1v) is 14.5. The summed E-state index contributed by atoms with van der Waals surface area (Å²) in [5.41, 5.74) is 3.30. The Hall–Kier alpha value is -4.98. The predicted molar refractivity (Wildman–Crippen MR) is 168 cm³/mol. The summed E-state index contributed by atoms with van der Waals surface area (Å²) in [5.74, 6) is -1.51. The SMILES string of the molecule is CC(C)C1/C=C/C(=O)NCC/C=C/C(NC(=O)C(Cc2ccccc2)NC(=O)c2ccc(-c3ccccc3)cc2)C(=O)N1. The molecule has 0 saturated heterocycles. The van der Waals surface area contributed by atoms with E-state index in [1.54, 1.807) is 30.4 Å². The van der Waals surface area contributed by atoms with E-state index in [9.17, 15) is 19.2 Å². The van der Waals surface area contributed by atoms with Gasteiger partial charge in [-0.15, -0.1) is 0 Å². The molecule has 222 valence electrons. The molecular formula is C35H38N4O4. The summed E-state index contributed by atoms with van der Waals surface area (Å²) >= 11 is 0. The molecule has 0 aromatic heterocycles. The molecule has 4 rings (SSSR count). The zero-order valence-electron chi connectivity index (χ0n) is 24.5. The molecule has 1 aliphatic rings. The molecule has 8 heteroatoms. The molecule has 3 aromatic rings. The van der Waals surface area contributed by atoms with Crippen LogP contribution >= 0.6 is 0 Å². The third-order valence-electron chi connectivity index (χ3n) is 7.16. The lowest BCUT2D eigenvalue weighted by atomic mass is 10.0. The minimum Gasteiger partial charge on any atom is -0.352 e. The van der Waals surface area contributed by atoms with Gasteiger partial charge in [0.05, 0.1) is 0 Å². The number of rotatable bonds is 8. The topological polar surface area (TPSA) is 116 Å². The van der Waals surface area contributed by atoms with Crippen molar-refractivity contribution in [1.29, 1.82) is 0 Å². The Bertz CT molecular complexity index is 1450. The van der Waals surface area contributed by atoms with Gasteiger partial charge in [0.2, 0.25) is 17.7 Å². The highest BCUT2D eigenvalue weighted by Gasteiger charge is 2.27. The molecule has 4 N–H and O–H groups in total. The number of hydrogen-bond donors (Lipinski definition) is 4. The number of carbonyl (C=O) groups excluding carboxylic acids is 4. The Kier molecular flexibility index (Phi) is 11.0. The molecule has 3 aromatic carbocycles. The van der Waals surface area contributed by atoms with Crippen molar-refractivity contribution in [3.63, 3.8) is 0 Å². The van der Waals surface area contributed by atoms with Gasteiger partial charge in [0.1, 0.15) is 12.1 Å². The maximum absolute atomic E-state index is 13.7. The summed E-state index contributed by atoms with van der Waals surface area (Å²) in [6.07, 6.45) is 7.16. The van der Waals surface area contributed by atoms with E-state index < -0.39 is 35.8 Å². The fourth-order valence-corrected chi connectivity index (χ4v) is 4.65. The Morgan fingerprint density at radius 1 is 0.860 bits per heavy atom. The van der Waals surface area contributed by atoms with Gasteiger partial charge in [-0.3, -0.25) is 19.2 Å². The lowest BCUT2D eigenvalue weighted by Gasteiger charge is -2.25. The van der Waals surface area contributed by atoms with Crippen LogP contribution in [0.15, 0.2) is 109 Å². The van der Waals surface area contributed by atoms with Crippen LogP contribution in [0.5, 0.6) is 0 Å². The van der Waals surface area contributed by atoms with Crippen LogP contribution in [0.2, 0.25) is 0 Å². The van der Waals surface area contributed by atoms with Gasteiger partial charge in [-0.1, -0.05) is 105 Å². The van der Waals surface area contributed by atoms with Crippen LogP contribution in [0, 0.1) is 5.92 Å². The summed E-state index contributed by atoms with van der Waals surface area (Å²) in [7, 11) is 0. The molecule has 0 bridgehead atoms. The van der Waals surface area contributed by atoms with Crippen molar-refractivity contribution in [2.24, 2.45) is 5.92 Å². The molecule has 1 aliphatic heterocycles. The zero-order valence-corrected chi connectivity index (χ0v) is 24.5. The third-order valence-corrected chi connectivity index (χ3v) is 7.16.